The number of nitrogens with one attached hydrogen (secondary N) is 1. The highest BCUT2D eigenvalue weighted by atomic mass is 32.1. The Bertz CT molecular complexity index is 563. The summed E-state index contributed by atoms with van der Waals surface area (Å²) < 4.78 is 0. The first kappa shape index (κ1) is 15.7. The third-order valence-corrected chi connectivity index (χ3v) is 4.43. The summed E-state index contributed by atoms with van der Waals surface area (Å²) in [5, 5.41) is 16.4. The van der Waals surface area contributed by atoms with Crippen molar-refractivity contribution in [1.29, 1.82) is 0 Å². The summed E-state index contributed by atoms with van der Waals surface area (Å²) in [6, 6.07) is 9.60. The molecule has 3 nitrogen and oxygen atoms in total. The largest absolute Gasteiger partial charge is 0.394 e. The number of rotatable bonds is 6. The van der Waals surface area contributed by atoms with Crippen LogP contribution < -0.4 is 5.32 Å². The highest BCUT2D eigenvalue weighted by Gasteiger charge is 2.20. The maximum absolute atomic E-state index is 12.3. The van der Waals surface area contributed by atoms with E-state index >= 15 is 0 Å². The molecule has 2 unspecified atom stereocenters. The molecule has 1 amide bonds. The van der Waals surface area contributed by atoms with Crippen molar-refractivity contribution in [3.05, 3.63) is 57.8 Å². The second-order valence-electron chi connectivity index (χ2n) is 5.12. The number of aliphatic hydroxyl groups is 1. The molecule has 0 spiro atoms. The minimum absolute atomic E-state index is 0.0629. The van der Waals surface area contributed by atoms with Gasteiger partial charge in [0.1, 0.15) is 0 Å². The monoisotopic (exact) mass is 303 g/mol. The van der Waals surface area contributed by atoms with Gasteiger partial charge in [-0.25, -0.2) is 0 Å². The maximum atomic E-state index is 12.3. The lowest BCUT2D eigenvalue weighted by atomic mass is 10.0. The van der Waals surface area contributed by atoms with Gasteiger partial charge in [-0.1, -0.05) is 31.2 Å². The number of aryl methyl sites for hydroxylation is 1. The predicted molar refractivity (Wildman–Crippen MR) is 86.5 cm³/mol. The van der Waals surface area contributed by atoms with Crippen LogP contribution in [-0.4, -0.2) is 17.6 Å². The van der Waals surface area contributed by atoms with E-state index in [1.54, 1.807) is 11.3 Å². The van der Waals surface area contributed by atoms with Crippen LogP contribution in [0.25, 0.3) is 0 Å². The molecule has 1 aromatic carbocycles. The fraction of sp³-hybridized carbons (Fsp3) is 0.353. The molecule has 0 aliphatic carbocycles. The summed E-state index contributed by atoms with van der Waals surface area (Å²) in [7, 11) is 0. The maximum Gasteiger partial charge on any atom is 0.227 e. The van der Waals surface area contributed by atoms with E-state index in [0.717, 1.165) is 17.5 Å². The molecule has 0 saturated heterocycles. The summed E-state index contributed by atoms with van der Waals surface area (Å²) in [6.45, 7) is 3.88. The van der Waals surface area contributed by atoms with Crippen LogP contribution in [0.2, 0.25) is 0 Å². The molecule has 0 saturated carbocycles. The third kappa shape index (κ3) is 3.93. The second-order valence-corrected chi connectivity index (χ2v) is 5.90. The van der Waals surface area contributed by atoms with E-state index in [0.29, 0.717) is 0 Å². The van der Waals surface area contributed by atoms with E-state index in [-0.39, 0.29) is 24.5 Å². The standard InChI is InChI=1S/C17H21NO2S/c1-3-13-4-6-14(7-5-13)16(10-19)18-17(20)12(2)15-8-9-21-11-15/h4-9,11-12,16,19H,3,10H2,1-2H3,(H,18,20). The zero-order valence-corrected chi connectivity index (χ0v) is 13.2. The number of amides is 1. The number of hydrogen-bond acceptors (Lipinski definition) is 3. The summed E-state index contributed by atoms with van der Waals surface area (Å²) in [4.78, 5) is 12.3. The molecule has 112 valence electrons. The lowest BCUT2D eigenvalue weighted by molar-refractivity contribution is -0.123. The van der Waals surface area contributed by atoms with Crippen molar-refractivity contribution in [1.82, 2.24) is 5.32 Å². The molecule has 2 rings (SSSR count). The average molecular weight is 303 g/mol. The summed E-state index contributed by atoms with van der Waals surface area (Å²) >= 11 is 1.58. The van der Waals surface area contributed by atoms with Gasteiger partial charge in [0.15, 0.2) is 0 Å². The van der Waals surface area contributed by atoms with Crippen molar-refractivity contribution in [3.8, 4) is 0 Å². The quantitative estimate of drug-likeness (QED) is 0.860. The first-order valence-corrected chi connectivity index (χ1v) is 8.12. The first-order valence-electron chi connectivity index (χ1n) is 7.17. The van der Waals surface area contributed by atoms with Crippen LogP contribution in [-0.2, 0) is 11.2 Å². The van der Waals surface area contributed by atoms with E-state index in [2.05, 4.69) is 12.2 Å². The molecule has 21 heavy (non-hydrogen) atoms. The molecular formula is C17H21NO2S. The number of carbonyl (C=O) groups is 1. The van der Waals surface area contributed by atoms with Gasteiger partial charge in [0.25, 0.3) is 0 Å². The van der Waals surface area contributed by atoms with Gasteiger partial charge < -0.3 is 10.4 Å². The van der Waals surface area contributed by atoms with Crippen molar-refractivity contribution in [2.24, 2.45) is 0 Å². The Balaban J connectivity index is 2.05. The van der Waals surface area contributed by atoms with Crippen LogP contribution in [0, 0.1) is 0 Å². The number of aliphatic hydroxyl groups excluding tert-OH is 1. The van der Waals surface area contributed by atoms with E-state index < -0.39 is 0 Å². The molecule has 0 fully saturated rings. The van der Waals surface area contributed by atoms with Crippen LogP contribution >= 0.6 is 11.3 Å². The Labute approximate surface area is 129 Å². The molecule has 4 heteroatoms. The molecule has 1 heterocycles. The predicted octanol–water partition coefficient (Wildman–Crippen LogP) is 3.26. The SMILES string of the molecule is CCc1ccc(C(CO)NC(=O)C(C)c2ccsc2)cc1. The Hall–Kier alpha value is -1.65. The van der Waals surface area contributed by atoms with Crippen LogP contribution in [0.5, 0.6) is 0 Å². The second kappa shape index (κ2) is 7.38. The van der Waals surface area contributed by atoms with E-state index in [1.807, 2.05) is 48.0 Å². The zero-order chi connectivity index (χ0) is 15.2. The van der Waals surface area contributed by atoms with Gasteiger partial charge in [0.05, 0.1) is 18.6 Å². The highest BCUT2D eigenvalue weighted by molar-refractivity contribution is 7.08. The molecule has 1 aromatic heterocycles. The molecule has 0 bridgehead atoms. The Morgan fingerprint density at radius 2 is 1.95 bits per heavy atom. The van der Waals surface area contributed by atoms with Gasteiger partial charge in [-0.15, -0.1) is 0 Å². The van der Waals surface area contributed by atoms with Crippen LogP contribution in [0.3, 0.4) is 0 Å². The Morgan fingerprint density at radius 3 is 2.48 bits per heavy atom. The van der Waals surface area contributed by atoms with Gasteiger partial charge in [0.2, 0.25) is 5.91 Å². The fourth-order valence-corrected chi connectivity index (χ4v) is 2.94. The number of carbonyl (C=O) groups excluding carboxylic acids is 1. The number of benzene rings is 1. The average Bonchev–Trinajstić information content (AvgIpc) is 3.06. The van der Waals surface area contributed by atoms with Crippen LogP contribution in [0.1, 0.15) is 42.5 Å². The molecule has 2 aromatic rings. The zero-order valence-electron chi connectivity index (χ0n) is 12.4. The van der Waals surface area contributed by atoms with Crippen LogP contribution in [0.4, 0.5) is 0 Å². The third-order valence-electron chi connectivity index (χ3n) is 3.73. The topological polar surface area (TPSA) is 49.3 Å². The van der Waals surface area contributed by atoms with Gasteiger partial charge in [-0.3, -0.25) is 4.79 Å². The minimum Gasteiger partial charge on any atom is -0.394 e. The van der Waals surface area contributed by atoms with Gasteiger partial charge in [0, 0.05) is 0 Å². The van der Waals surface area contributed by atoms with E-state index in [1.165, 1.54) is 5.56 Å². The van der Waals surface area contributed by atoms with Crippen LogP contribution in [0.15, 0.2) is 41.1 Å². The minimum atomic E-state index is -0.357. The van der Waals surface area contributed by atoms with E-state index in [9.17, 15) is 9.90 Å². The molecule has 0 radical (unpaired) electrons. The molecule has 0 aliphatic heterocycles. The lowest BCUT2D eigenvalue weighted by Gasteiger charge is -2.19. The van der Waals surface area contributed by atoms with Crippen molar-refractivity contribution in [2.75, 3.05) is 6.61 Å². The Morgan fingerprint density at radius 1 is 1.24 bits per heavy atom. The normalized spacial score (nSPS) is 13.7. The van der Waals surface area contributed by atoms with Crippen molar-refractivity contribution in [3.63, 3.8) is 0 Å². The van der Waals surface area contributed by atoms with Crippen molar-refractivity contribution in [2.45, 2.75) is 32.2 Å². The molecular weight excluding hydrogens is 282 g/mol. The molecule has 2 atom stereocenters. The number of hydrogen-bond donors (Lipinski definition) is 2. The van der Waals surface area contributed by atoms with Gasteiger partial charge >= 0.3 is 0 Å². The summed E-state index contributed by atoms with van der Waals surface area (Å²) in [5.41, 5.74) is 3.18. The fourth-order valence-electron chi connectivity index (χ4n) is 2.19. The van der Waals surface area contributed by atoms with Gasteiger partial charge in [-0.2, -0.15) is 11.3 Å². The molecule has 0 aliphatic rings. The van der Waals surface area contributed by atoms with Crippen molar-refractivity contribution < 1.29 is 9.90 Å². The van der Waals surface area contributed by atoms with Crippen molar-refractivity contribution >= 4 is 17.2 Å². The van der Waals surface area contributed by atoms with E-state index in [4.69, 9.17) is 0 Å². The lowest BCUT2D eigenvalue weighted by Crippen LogP contribution is -2.33. The first-order chi connectivity index (χ1) is 10.2. The number of thiophene rings is 1. The highest BCUT2D eigenvalue weighted by Crippen LogP contribution is 2.20. The van der Waals surface area contributed by atoms with Gasteiger partial charge in [-0.05, 0) is 46.9 Å². The Kier molecular flexibility index (Phi) is 5.53. The smallest absolute Gasteiger partial charge is 0.227 e. The summed E-state index contributed by atoms with van der Waals surface area (Å²) in [6.07, 6.45) is 0.978. The molecule has 2 N–H and O–H groups in total. The summed E-state index contributed by atoms with van der Waals surface area (Å²) in [5.74, 6) is -0.271.